The van der Waals surface area contributed by atoms with Crippen molar-refractivity contribution in [3.05, 3.63) is 30.0 Å². The van der Waals surface area contributed by atoms with Gasteiger partial charge in [0.25, 0.3) is 5.91 Å². The number of nitrogens with one attached hydrogen (secondary N) is 3. The predicted molar refractivity (Wildman–Crippen MR) is 62.4 cm³/mol. The molecule has 84 valence electrons. The van der Waals surface area contributed by atoms with E-state index in [-0.39, 0.29) is 5.91 Å². The van der Waals surface area contributed by atoms with Crippen LogP contribution in [0, 0.1) is 0 Å². The van der Waals surface area contributed by atoms with Crippen LogP contribution in [0.25, 0.3) is 10.9 Å². The summed E-state index contributed by atoms with van der Waals surface area (Å²) in [6, 6.07) is 7.57. The van der Waals surface area contributed by atoms with Crippen molar-refractivity contribution in [2.24, 2.45) is 0 Å². The first-order valence-electron chi connectivity index (χ1n) is 5.19. The lowest BCUT2D eigenvalue weighted by Crippen LogP contribution is -2.30. The van der Waals surface area contributed by atoms with Crippen molar-refractivity contribution in [3.8, 4) is 0 Å². The number of aromatic amines is 1. The molecular weight excluding hydrogens is 204 g/mol. The van der Waals surface area contributed by atoms with E-state index in [0.717, 1.165) is 17.4 Å². The quantitative estimate of drug-likeness (QED) is 0.655. The van der Waals surface area contributed by atoms with Crippen LogP contribution in [0.5, 0.6) is 0 Å². The summed E-state index contributed by atoms with van der Waals surface area (Å²) in [7, 11) is 1.84. The minimum absolute atomic E-state index is 0.146. The van der Waals surface area contributed by atoms with Gasteiger partial charge >= 0.3 is 0 Å². The normalized spacial score (nSPS) is 10.6. The van der Waals surface area contributed by atoms with Crippen LogP contribution in [0.15, 0.2) is 24.3 Å². The molecule has 0 aliphatic carbocycles. The Kier molecular flexibility index (Phi) is 3.16. The van der Waals surface area contributed by atoms with Crippen LogP contribution in [0.1, 0.15) is 10.5 Å². The van der Waals surface area contributed by atoms with E-state index in [1.165, 1.54) is 0 Å². The summed E-state index contributed by atoms with van der Waals surface area (Å²) in [6.45, 7) is 1.34. The van der Waals surface area contributed by atoms with Crippen molar-refractivity contribution < 1.29 is 4.79 Å². The Morgan fingerprint density at radius 2 is 2.19 bits per heavy atom. The van der Waals surface area contributed by atoms with Gasteiger partial charge in [0, 0.05) is 18.5 Å². The molecule has 0 aliphatic heterocycles. The van der Waals surface area contributed by atoms with E-state index < -0.39 is 0 Å². The molecule has 0 atom stereocenters. The number of fused-ring (bicyclic) bond motifs is 1. The summed E-state index contributed by atoms with van der Waals surface area (Å²) >= 11 is 0. The zero-order chi connectivity index (χ0) is 11.4. The Balaban J connectivity index is 2.17. The van der Waals surface area contributed by atoms with E-state index in [1.54, 1.807) is 0 Å². The average molecular weight is 218 g/mol. The molecule has 3 N–H and O–H groups in total. The van der Waals surface area contributed by atoms with E-state index in [0.29, 0.717) is 12.2 Å². The van der Waals surface area contributed by atoms with Gasteiger partial charge in [-0.1, -0.05) is 18.2 Å². The number of amides is 1. The van der Waals surface area contributed by atoms with Crippen molar-refractivity contribution in [1.82, 2.24) is 20.8 Å². The van der Waals surface area contributed by atoms with Gasteiger partial charge in [-0.3, -0.25) is 9.89 Å². The van der Waals surface area contributed by atoms with Gasteiger partial charge in [0.05, 0.1) is 5.52 Å². The van der Waals surface area contributed by atoms with Crippen LogP contribution in [-0.4, -0.2) is 36.2 Å². The number of carbonyl (C=O) groups is 1. The SMILES string of the molecule is CNCCNC(=O)c1n[nH]c2ccccc12. The number of rotatable bonds is 4. The third kappa shape index (κ3) is 2.04. The second-order valence-electron chi connectivity index (χ2n) is 3.48. The first kappa shape index (κ1) is 10.6. The van der Waals surface area contributed by atoms with Crippen LogP contribution in [0.3, 0.4) is 0 Å². The molecular formula is C11H14N4O. The fourth-order valence-corrected chi connectivity index (χ4v) is 1.52. The van der Waals surface area contributed by atoms with E-state index in [9.17, 15) is 4.79 Å². The number of benzene rings is 1. The lowest BCUT2D eigenvalue weighted by Gasteiger charge is -2.01. The van der Waals surface area contributed by atoms with Crippen LogP contribution in [0.2, 0.25) is 0 Å². The number of aromatic nitrogens is 2. The highest BCUT2D eigenvalue weighted by atomic mass is 16.1. The predicted octanol–water partition coefficient (Wildman–Crippen LogP) is 0.512. The average Bonchev–Trinajstić information content (AvgIpc) is 2.73. The standard InChI is InChI=1S/C11H14N4O/c1-12-6-7-13-11(16)10-8-4-2-3-5-9(8)14-15-10/h2-5,12H,6-7H2,1H3,(H,13,16)(H,14,15). The molecule has 2 aromatic rings. The largest absolute Gasteiger partial charge is 0.349 e. The summed E-state index contributed by atoms with van der Waals surface area (Å²) in [6.07, 6.45) is 0. The van der Waals surface area contributed by atoms with E-state index in [1.807, 2.05) is 31.3 Å². The van der Waals surface area contributed by atoms with Crippen LogP contribution in [0.4, 0.5) is 0 Å². The lowest BCUT2D eigenvalue weighted by atomic mass is 10.2. The summed E-state index contributed by atoms with van der Waals surface area (Å²) in [4.78, 5) is 11.8. The Bertz CT molecular complexity index is 491. The molecule has 0 spiro atoms. The number of carbonyl (C=O) groups excluding carboxylic acids is 1. The Labute approximate surface area is 93.2 Å². The molecule has 2 rings (SSSR count). The number of hydrogen-bond donors (Lipinski definition) is 3. The van der Waals surface area contributed by atoms with Gasteiger partial charge in [-0.05, 0) is 13.1 Å². The van der Waals surface area contributed by atoms with Crippen molar-refractivity contribution in [2.75, 3.05) is 20.1 Å². The maximum absolute atomic E-state index is 11.8. The van der Waals surface area contributed by atoms with Gasteiger partial charge in [0.2, 0.25) is 0 Å². The maximum Gasteiger partial charge on any atom is 0.272 e. The number of hydrogen-bond acceptors (Lipinski definition) is 3. The first-order valence-corrected chi connectivity index (χ1v) is 5.19. The van der Waals surface area contributed by atoms with Crippen molar-refractivity contribution in [2.45, 2.75) is 0 Å². The summed E-state index contributed by atoms with van der Waals surface area (Å²) in [5, 5.41) is 13.5. The highest BCUT2D eigenvalue weighted by Gasteiger charge is 2.12. The molecule has 1 heterocycles. The number of likely N-dealkylation sites (N-methyl/N-ethyl adjacent to an activating group) is 1. The van der Waals surface area contributed by atoms with Crippen LogP contribution in [-0.2, 0) is 0 Å². The summed E-state index contributed by atoms with van der Waals surface area (Å²) < 4.78 is 0. The van der Waals surface area contributed by atoms with Crippen molar-refractivity contribution in [1.29, 1.82) is 0 Å². The second kappa shape index (κ2) is 4.76. The number of nitrogens with zero attached hydrogens (tertiary/aromatic N) is 1. The van der Waals surface area contributed by atoms with Gasteiger partial charge in [0.1, 0.15) is 0 Å². The van der Waals surface area contributed by atoms with Gasteiger partial charge < -0.3 is 10.6 Å². The minimum Gasteiger partial charge on any atom is -0.349 e. The smallest absolute Gasteiger partial charge is 0.272 e. The lowest BCUT2D eigenvalue weighted by molar-refractivity contribution is 0.0951. The number of H-pyrrole nitrogens is 1. The fraction of sp³-hybridized carbons (Fsp3) is 0.273. The molecule has 0 fully saturated rings. The molecule has 1 aromatic heterocycles. The molecule has 0 saturated heterocycles. The second-order valence-corrected chi connectivity index (χ2v) is 3.48. The third-order valence-corrected chi connectivity index (χ3v) is 2.35. The van der Waals surface area contributed by atoms with Gasteiger partial charge in [0.15, 0.2) is 5.69 Å². The zero-order valence-electron chi connectivity index (χ0n) is 9.08. The van der Waals surface area contributed by atoms with Crippen LogP contribution < -0.4 is 10.6 Å². The third-order valence-electron chi connectivity index (χ3n) is 2.35. The van der Waals surface area contributed by atoms with Crippen molar-refractivity contribution in [3.63, 3.8) is 0 Å². The molecule has 1 amide bonds. The summed E-state index contributed by atoms with van der Waals surface area (Å²) in [5.74, 6) is -0.146. The molecule has 0 radical (unpaired) electrons. The molecule has 0 unspecified atom stereocenters. The first-order chi connectivity index (χ1) is 7.83. The van der Waals surface area contributed by atoms with Crippen molar-refractivity contribution >= 4 is 16.8 Å². The minimum atomic E-state index is -0.146. The highest BCUT2D eigenvalue weighted by Crippen LogP contribution is 2.14. The number of para-hydroxylation sites is 1. The summed E-state index contributed by atoms with van der Waals surface area (Å²) in [5.41, 5.74) is 1.33. The maximum atomic E-state index is 11.8. The topological polar surface area (TPSA) is 69.8 Å². The molecule has 0 saturated carbocycles. The Morgan fingerprint density at radius 3 is 3.00 bits per heavy atom. The molecule has 0 bridgehead atoms. The monoisotopic (exact) mass is 218 g/mol. The van der Waals surface area contributed by atoms with Gasteiger partial charge in [-0.15, -0.1) is 0 Å². The van der Waals surface area contributed by atoms with E-state index >= 15 is 0 Å². The molecule has 1 aromatic carbocycles. The van der Waals surface area contributed by atoms with Gasteiger partial charge in [-0.2, -0.15) is 5.10 Å². The molecule has 0 aliphatic rings. The van der Waals surface area contributed by atoms with E-state index in [4.69, 9.17) is 0 Å². The van der Waals surface area contributed by atoms with Crippen LogP contribution >= 0.6 is 0 Å². The highest BCUT2D eigenvalue weighted by molar-refractivity contribution is 6.04. The Morgan fingerprint density at radius 1 is 1.38 bits per heavy atom. The zero-order valence-corrected chi connectivity index (χ0v) is 9.08. The fourth-order valence-electron chi connectivity index (χ4n) is 1.52. The molecule has 16 heavy (non-hydrogen) atoms. The molecule has 5 nitrogen and oxygen atoms in total. The molecule has 5 heteroatoms. The Hall–Kier alpha value is -1.88. The van der Waals surface area contributed by atoms with E-state index in [2.05, 4.69) is 20.8 Å². The van der Waals surface area contributed by atoms with Gasteiger partial charge in [-0.25, -0.2) is 0 Å².